The molecule has 6 heteroatoms. The Kier molecular flexibility index (Phi) is 4.86. The summed E-state index contributed by atoms with van der Waals surface area (Å²) in [4.78, 5) is 11.1. The fraction of sp³-hybridized carbons (Fsp3) is 0.417. The van der Waals surface area contributed by atoms with E-state index in [0.29, 0.717) is 5.56 Å². The molecule has 0 amide bonds. The molecule has 1 aromatic rings. The van der Waals surface area contributed by atoms with Gasteiger partial charge in [-0.1, -0.05) is 44.2 Å². The van der Waals surface area contributed by atoms with Gasteiger partial charge in [0.15, 0.2) is 0 Å². The Hall–Kier alpha value is -1.40. The van der Waals surface area contributed by atoms with Crippen LogP contribution in [0.5, 0.6) is 0 Å². The van der Waals surface area contributed by atoms with Gasteiger partial charge in [-0.3, -0.25) is 4.79 Å². The van der Waals surface area contributed by atoms with Crippen molar-refractivity contribution in [2.75, 3.05) is 5.75 Å². The van der Waals surface area contributed by atoms with Crippen LogP contribution in [0.1, 0.15) is 25.5 Å². The zero-order valence-electron chi connectivity index (χ0n) is 10.3. The van der Waals surface area contributed by atoms with Gasteiger partial charge in [0.25, 0.3) is 0 Å². The van der Waals surface area contributed by atoms with Crippen molar-refractivity contribution < 1.29 is 18.3 Å². The first kappa shape index (κ1) is 14.7. The zero-order chi connectivity index (χ0) is 13.8. The molecule has 0 radical (unpaired) electrons. The van der Waals surface area contributed by atoms with Gasteiger partial charge in [-0.25, -0.2) is 8.42 Å². The van der Waals surface area contributed by atoms with E-state index in [4.69, 9.17) is 5.11 Å². The topological polar surface area (TPSA) is 83.5 Å². The minimum absolute atomic E-state index is 0.0623. The van der Waals surface area contributed by atoms with E-state index in [1.165, 1.54) is 0 Å². The quantitative estimate of drug-likeness (QED) is 0.819. The van der Waals surface area contributed by atoms with E-state index in [0.717, 1.165) is 0 Å². The van der Waals surface area contributed by atoms with E-state index in [-0.39, 0.29) is 11.7 Å². The van der Waals surface area contributed by atoms with Gasteiger partial charge in [0.2, 0.25) is 10.0 Å². The largest absolute Gasteiger partial charge is 0.480 e. The highest BCUT2D eigenvalue weighted by Crippen LogP contribution is 2.14. The van der Waals surface area contributed by atoms with E-state index in [1.54, 1.807) is 44.2 Å². The summed E-state index contributed by atoms with van der Waals surface area (Å²) in [5.41, 5.74) is 0.414. The summed E-state index contributed by atoms with van der Waals surface area (Å²) in [7, 11) is -3.60. The number of hydrogen-bond acceptors (Lipinski definition) is 3. The zero-order valence-corrected chi connectivity index (χ0v) is 11.1. The Bertz CT molecular complexity index is 496. The van der Waals surface area contributed by atoms with Crippen LogP contribution in [0.4, 0.5) is 0 Å². The maximum Gasteiger partial charge on any atom is 0.326 e. The molecule has 2 N–H and O–H groups in total. The van der Waals surface area contributed by atoms with Crippen LogP contribution in [-0.2, 0) is 14.8 Å². The van der Waals surface area contributed by atoms with Gasteiger partial charge in [0.1, 0.15) is 6.04 Å². The first-order valence-electron chi connectivity index (χ1n) is 5.59. The summed E-state index contributed by atoms with van der Waals surface area (Å²) < 4.78 is 25.7. The van der Waals surface area contributed by atoms with Crippen LogP contribution in [0.25, 0.3) is 0 Å². The minimum atomic E-state index is -3.60. The Balaban J connectivity index is 2.93. The molecule has 5 nitrogen and oxygen atoms in total. The van der Waals surface area contributed by atoms with Gasteiger partial charge in [-0.05, 0) is 11.5 Å². The van der Waals surface area contributed by atoms with E-state index >= 15 is 0 Å². The molecular weight excluding hydrogens is 254 g/mol. The summed E-state index contributed by atoms with van der Waals surface area (Å²) >= 11 is 0. The van der Waals surface area contributed by atoms with Crippen LogP contribution < -0.4 is 4.72 Å². The summed E-state index contributed by atoms with van der Waals surface area (Å²) in [6.45, 7) is 3.52. The van der Waals surface area contributed by atoms with Crippen molar-refractivity contribution in [1.29, 1.82) is 0 Å². The standard InChI is InChI=1S/C12H17NO4S/c1-9(2)8-18(16,17)13-11(12(14)15)10-6-4-3-5-7-10/h3-7,9,11,13H,8H2,1-2H3,(H,14,15). The second kappa shape index (κ2) is 5.97. The average Bonchev–Trinajstić information content (AvgIpc) is 2.25. The summed E-state index contributed by atoms with van der Waals surface area (Å²) in [5, 5.41) is 9.10. The average molecular weight is 271 g/mol. The van der Waals surface area contributed by atoms with Crippen molar-refractivity contribution in [1.82, 2.24) is 4.72 Å². The second-order valence-electron chi connectivity index (χ2n) is 4.48. The first-order chi connectivity index (χ1) is 8.32. The molecule has 0 aromatic heterocycles. The molecule has 0 aliphatic carbocycles. The summed E-state index contributed by atoms with van der Waals surface area (Å²) in [5.74, 6) is -1.37. The highest BCUT2D eigenvalue weighted by atomic mass is 32.2. The molecule has 0 heterocycles. The lowest BCUT2D eigenvalue weighted by Gasteiger charge is -2.16. The van der Waals surface area contributed by atoms with E-state index in [2.05, 4.69) is 4.72 Å². The SMILES string of the molecule is CC(C)CS(=O)(=O)NC(C(=O)O)c1ccccc1. The third kappa shape index (κ3) is 4.46. The summed E-state index contributed by atoms with van der Waals surface area (Å²) in [6, 6.07) is 7.00. The van der Waals surface area contributed by atoms with Gasteiger partial charge >= 0.3 is 5.97 Å². The Morgan fingerprint density at radius 3 is 2.28 bits per heavy atom. The van der Waals surface area contributed by atoms with E-state index in [9.17, 15) is 13.2 Å². The molecule has 1 unspecified atom stereocenters. The van der Waals surface area contributed by atoms with Crippen molar-refractivity contribution in [2.45, 2.75) is 19.9 Å². The number of rotatable bonds is 6. The molecule has 1 atom stereocenters. The van der Waals surface area contributed by atoms with Crippen LogP contribution in [0.2, 0.25) is 0 Å². The molecule has 0 aliphatic rings. The predicted octanol–water partition coefficient (Wildman–Crippen LogP) is 1.39. The number of aliphatic carboxylic acids is 1. The van der Waals surface area contributed by atoms with Crippen molar-refractivity contribution in [3.63, 3.8) is 0 Å². The van der Waals surface area contributed by atoms with Crippen molar-refractivity contribution in [3.05, 3.63) is 35.9 Å². The smallest absolute Gasteiger partial charge is 0.326 e. The van der Waals surface area contributed by atoms with Crippen molar-refractivity contribution in [3.8, 4) is 0 Å². The first-order valence-corrected chi connectivity index (χ1v) is 7.25. The molecule has 18 heavy (non-hydrogen) atoms. The molecule has 0 saturated heterocycles. The molecule has 0 bridgehead atoms. The third-order valence-electron chi connectivity index (χ3n) is 2.23. The third-order valence-corrected chi connectivity index (χ3v) is 3.93. The van der Waals surface area contributed by atoms with Crippen LogP contribution in [-0.4, -0.2) is 25.2 Å². The number of carbonyl (C=O) groups is 1. The van der Waals surface area contributed by atoms with Crippen LogP contribution in [0.3, 0.4) is 0 Å². The summed E-state index contributed by atoms with van der Waals surface area (Å²) in [6.07, 6.45) is 0. The fourth-order valence-electron chi connectivity index (χ4n) is 1.57. The number of sulfonamides is 1. The highest BCUT2D eigenvalue weighted by Gasteiger charge is 2.25. The second-order valence-corrected chi connectivity index (χ2v) is 6.27. The van der Waals surface area contributed by atoms with Gasteiger partial charge < -0.3 is 5.11 Å². The lowest BCUT2D eigenvalue weighted by atomic mass is 10.1. The number of nitrogens with one attached hydrogen (secondary N) is 1. The normalized spacial score (nSPS) is 13.5. The van der Waals surface area contributed by atoms with E-state index < -0.39 is 22.0 Å². The number of hydrogen-bond donors (Lipinski definition) is 2. The maximum absolute atomic E-state index is 11.8. The maximum atomic E-state index is 11.8. The van der Waals surface area contributed by atoms with Gasteiger partial charge in [-0.2, -0.15) is 4.72 Å². The molecule has 0 fully saturated rings. The van der Waals surface area contributed by atoms with Crippen molar-refractivity contribution >= 4 is 16.0 Å². The molecule has 1 aromatic carbocycles. The van der Waals surface area contributed by atoms with Crippen molar-refractivity contribution in [2.24, 2.45) is 5.92 Å². The Morgan fingerprint density at radius 1 is 1.28 bits per heavy atom. The van der Waals surface area contributed by atoms with E-state index in [1.807, 2.05) is 0 Å². The molecule has 0 spiro atoms. The lowest BCUT2D eigenvalue weighted by molar-refractivity contribution is -0.139. The predicted molar refractivity (Wildman–Crippen MR) is 68.6 cm³/mol. The molecule has 100 valence electrons. The Morgan fingerprint density at radius 2 is 1.83 bits per heavy atom. The van der Waals surface area contributed by atoms with Gasteiger partial charge in [-0.15, -0.1) is 0 Å². The lowest BCUT2D eigenvalue weighted by Crippen LogP contribution is -2.36. The molecule has 0 saturated carbocycles. The molecule has 0 aliphatic heterocycles. The molecule has 1 rings (SSSR count). The molecular formula is C12H17NO4S. The number of carboxylic acids is 1. The van der Waals surface area contributed by atoms with Crippen LogP contribution in [0.15, 0.2) is 30.3 Å². The Labute approximate surface area is 107 Å². The number of benzene rings is 1. The van der Waals surface area contributed by atoms with Gasteiger partial charge in [0, 0.05) is 0 Å². The number of carboxylic acid groups (broad SMARTS) is 1. The minimum Gasteiger partial charge on any atom is -0.480 e. The monoisotopic (exact) mass is 271 g/mol. The van der Waals surface area contributed by atoms with Gasteiger partial charge in [0.05, 0.1) is 5.75 Å². The van der Waals surface area contributed by atoms with Crippen LogP contribution in [0, 0.1) is 5.92 Å². The highest BCUT2D eigenvalue weighted by molar-refractivity contribution is 7.89. The van der Waals surface area contributed by atoms with Crippen LogP contribution >= 0.6 is 0 Å². The fourth-order valence-corrected chi connectivity index (χ4v) is 3.14.